The van der Waals surface area contributed by atoms with Gasteiger partial charge in [-0.25, -0.2) is 0 Å². The third-order valence-electron chi connectivity index (χ3n) is 3.66. The Bertz CT molecular complexity index is 425. The zero-order valence-electron chi connectivity index (χ0n) is 12.3. The molecule has 0 bridgehead atoms. The average Bonchev–Trinajstić information content (AvgIpc) is 2.84. The molecule has 0 saturated carbocycles. The second-order valence-corrected chi connectivity index (χ2v) is 6.18. The minimum absolute atomic E-state index is 0.159. The molecule has 112 valence electrons. The first-order valence-electron chi connectivity index (χ1n) is 7.35. The van der Waals surface area contributed by atoms with Crippen molar-refractivity contribution in [1.29, 1.82) is 0 Å². The fourth-order valence-electron chi connectivity index (χ4n) is 2.76. The molecule has 2 unspecified atom stereocenters. The summed E-state index contributed by atoms with van der Waals surface area (Å²) in [6.07, 6.45) is 2.01. The first-order chi connectivity index (χ1) is 9.56. The zero-order chi connectivity index (χ0) is 14.5. The van der Waals surface area contributed by atoms with Crippen LogP contribution in [0, 0.1) is 0 Å². The lowest BCUT2D eigenvalue weighted by molar-refractivity contribution is -0.0101. The highest BCUT2D eigenvalue weighted by molar-refractivity contribution is 6.30. The molecule has 1 fully saturated rings. The highest BCUT2D eigenvalue weighted by Gasteiger charge is 2.27. The van der Waals surface area contributed by atoms with Gasteiger partial charge in [-0.3, -0.25) is 4.90 Å². The van der Waals surface area contributed by atoms with Crippen molar-refractivity contribution in [3.63, 3.8) is 0 Å². The van der Waals surface area contributed by atoms with Crippen LogP contribution in [-0.4, -0.2) is 41.9 Å². The number of hydrogen-bond acceptors (Lipinski definition) is 3. The predicted molar refractivity (Wildman–Crippen MR) is 82.1 cm³/mol. The highest BCUT2D eigenvalue weighted by Crippen LogP contribution is 2.32. The van der Waals surface area contributed by atoms with Crippen molar-refractivity contribution in [2.45, 2.75) is 44.9 Å². The van der Waals surface area contributed by atoms with E-state index in [9.17, 15) is 5.11 Å². The van der Waals surface area contributed by atoms with E-state index in [0.717, 1.165) is 24.4 Å². The number of aliphatic hydroxyl groups is 1. The molecule has 0 radical (unpaired) electrons. The molecule has 1 aromatic carbocycles. The van der Waals surface area contributed by atoms with Crippen LogP contribution in [0.3, 0.4) is 0 Å². The number of aliphatic hydroxyl groups excluding tert-OH is 1. The van der Waals surface area contributed by atoms with Gasteiger partial charge in [-0.15, -0.1) is 0 Å². The fourth-order valence-corrected chi connectivity index (χ4v) is 2.96. The van der Waals surface area contributed by atoms with Crippen molar-refractivity contribution >= 4 is 11.6 Å². The summed E-state index contributed by atoms with van der Waals surface area (Å²) in [6.45, 7) is 6.05. The Balaban J connectivity index is 1.94. The molecule has 2 rings (SSSR count). The Kier molecular flexibility index (Phi) is 5.85. The van der Waals surface area contributed by atoms with Crippen LogP contribution in [0.15, 0.2) is 24.3 Å². The Morgan fingerprint density at radius 2 is 2.25 bits per heavy atom. The summed E-state index contributed by atoms with van der Waals surface area (Å²) >= 11 is 6.07. The monoisotopic (exact) mass is 297 g/mol. The molecule has 20 heavy (non-hydrogen) atoms. The molecule has 1 N–H and O–H groups in total. The summed E-state index contributed by atoms with van der Waals surface area (Å²) in [5.41, 5.74) is 1.24. The predicted octanol–water partition coefficient (Wildman–Crippen LogP) is 3.26. The number of likely N-dealkylation sites (tertiary alicyclic amines) is 1. The fraction of sp³-hybridized carbons (Fsp3) is 0.625. The van der Waals surface area contributed by atoms with Gasteiger partial charge in [0.15, 0.2) is 0 Å². The molecule has 2 atom stereocenters. The minimum atomic E-state index is -0.433. The van der Waals surface area contributed by atoms with Crippen LogP contribution in [0.2, 0.25) is 5.02 Å². The van der Waals surface area contributed by atoms with Crippen LogP contribution in [0.1, 0.15) is 38.3 Å². The van der Waals surface area contributed by atoms with E-state index in [4.69, 9.17) is 16.3 Å². The summed E-state index contributed by atoms with van der Waals surface area (Å²) < 4.78 is 5.48. The Morgan fingerprint density at radius 3 is 2.95 bits per heavy atom. The van der Waals surface area contributed by atoms with Crippen LogP contribution >= 0.6 is 11.6 Å². The summed E-state index contributed by atoms with van der Waals surface area (Å²) in [7, 11) is 0. The lowest BCUT2D eigenvalue weighted by atomic mass is 10.0. The van der Waals surface area contributed by atoms with Crippen molar-refractivity contribution in [2.75, 3.05) is 19.7 Å². The van der Waals surface area contributed by atoms with E-state index in [1.54, 1.807) is 0 Å². The number of rotatable bonds is 6. The largest absolute Gasteiger partial charge is 0.389 e. The molecular weight excluding hydrogens is 274 g/mol. The van der Waals surface area contributed by atoms with Gasteiger partial charge in [-0.1, -0.05) is 23.7 Å². The van der Waals surface area contributed by atoms with Gasteiger partial charge in [-0.2, -0.15) is 0 Å². The van der Waals surface area contributed by atoms with Crippen LogP contribution in [0.5, 0.6) is 0 Å². The van der Waals surface area contributed by atoms with Crippen LogP contribution in [0.4, 0.5) is 0 Å². The molecule has 0 spiro atoms. The second kappa shape index (κ2) is 7.41. The quantitative estimate of drug-likeness (QED) is 0.875. The van der Waals surface area contributed by atoms with Gasteiger partial charge in [0.2, 0.25) is 0 Å². The van der Waals surface area contributed by atoms with Gasteiger partial charge in [0.1, 0.15) is 0 Å². The molecule has 1 heterocycles. The van der Waals surface area contributed by atoms with E-state index in [1.807, 2.05) is 32.0 Å². The maximum absolute atomic E-state index is 10.1. The molecule has 1 aliphatic heterocycles. The molecule has 4 heteroatoms. The molecule has 1 saturated heterocycles. The first-order valence-corrected chi connectivity index (χ1v) is 7.73. The van der Waals surface area contributed by atoms with E-state index in [-0.39, 0.29) is 6.10 Å². The molecule has 0 aromatic heterocycles. The number of hydrogen-bond donors (Lipinski definition) is 1. The Morgan fingerprint density at radius 1 is 1.45 bits per heavy atom. The number of β-amino-alcohol motifs (C(OH)–C–C–N with tert-alkyl or cyclic N) is 1. The van der Waals surface area contributed by atoms with Crippen molar-refractivity contribution in [3.05, 3.63) is 34.9 Å². The highest BCUT2D eigenvalue weighted by atomic mass is 35.5. The molecule has 0 aliphatic carbocycles. The molecular formula is C16H24ClNO2. The van der Waals surface area contributed by atoms with Gasteiger partial charge < -0.3 is 9.84 Å². The third-order valence-corrected chi connectivity index (χ3v) is 3.90. The van der Waals surface area contributed by atoms with Gasteiger partial charge in [0, 0.05) is 17.6 Å². The third kappa shape index (κ3) is 4.45. The van der Waals surface area contributed by atoms with E-state index < -0.39 is 6.10 Å². The summed E-state index contributed by atoms with van der Waals surface area (Å²) in [6, 6.07) is 8.40. The molecule has 1 aliphatic rings. The normalized spacial score (nSPS) is 21.6. The minimum Gasteiger partial charge on any atom is -0.389 e. The maximum atomic E-state index is 10.1. The van der Waals surface area contributed by atoms with Crippen molar-refractivity contribution < 1.29 is 9.84 Å². The Hall–Kier alpha value is -0.610. The SMILES string of the molecule is CC(C)OCC(O)CN1CCCC1c1cccc(Cl)c1. The maximum Gasteiger partial charge on any atom is 0.0900 e. The summed E-state index contributed by atoms with van der Waals surface area (Å²) in [4.78, 5) is 2.33. The Labute approximate surface area is 126 Å². The van der Waals surface area contributed by atoms with Gasteiger partial charge in [0.25, 0.3) is 0 Å². The number of benzene rings is 1. The van der Waals surface area contributed by atoms with E-state index >= 15 is 0 Å². The average molecular weight is 298 g/mol. The van der Waals surface area contributed by atoms with Crippen molar-refractivity contribution in [1.82, 2.24) is 4.90 Å². The van der Waals surface area contributed by atoms with Crippen molar-refractivity contribution in [2.24, 2.45) is 0 Å². The van der Waals surface area contributed by atoms with Crippen LogP contribution < -0.4 is 0 Å². The lowest BCUT2D eigenvalue weighted by Gasteiger charge is -2.27. The van der Waals surface area contributed by atoms with Gasteiger partial charge in [-0.05, 0) is 50.9 Å². The lowest BCUT2D eigenvalue weighted by Crippen LogP contribution is -2.35. The van der Waals surface area contributed by atoms with Crippen LogP contribution in [0.25, 0.3) is 0 Å². The van der Waals surface area contributed by atoms with Crippen molar-refractivity contribution in [3.8, 4) is 0 Å². The topological polar surface area (TPSA) is 32.7 Å². The van der Waals surface area contributed by atoms with Gasteiger partial charge >= 0.3 is 0 Å². The molecule has 1 aromatic rings. The zero-order valence-corrected chi connectivity index (χ0v) is 13.0. The smallest absolute Gasteiger partial charge is 0.0900 e. The van der Waals surface area contributed by atoms with Crippen LogP contribution in [-0.2, 0) is 4.74 Å². The van der Waals surface area contributed by atoms with E-state index in [2.05, 4.69) is 11.0 Å². The second-order valence-electron chi connectivity index (χ2n) is 5.74. The molecule has 3 nitrogen and oxygen atoms in total. The summed E-state index contributed by atoms with van der Waals surface area (Å²) in [5.74, 6) is 0. The molecule has 0 amide bonds. The van der Waals surface area contributed by atoms with E-state index in [1.165, 1.54) is 5.56 Å². The number of ether oxygens (including phenoxy) is 1. The summed E-state index contributed by atoms with van der Waals surface area (Å²) in [5, 5.41) is 10.9. The van der Waals surface area contributed by atoms with E-state index in [0.29, 0.717) is 19.2 Å². The number of halogens is 1. The standard InChI is InChI=1S/C16H24ClNO2/c1-12(2)20-11-15(19)10-18-8-4-7-16(18)13-5-3-6-14(17)9-13/h3,5-6,9,12,15-16,19H,4,7-8,10-11H2,1-2H3. The van der Waals surface area contributed by atoms with Gasteiger partial charge in [0.05, 0.1) is 18.8 Å². The first kappa shape index (κ1) is 15.8. The number of nitrogens with zero attached hydrogens (tertiary/aromatic N) is 1.